The fourth-order valence-corrected chi connectivity index (χ4v) is 7.54. The summed E-state index contributed by atoms with van der Waals surface area (Å²) in [6.07, 6.45) is 11.5. The maximum absolute atomic E-state index is 11.3. The van der Waals surface area contributed by atoms with Crippen molar-refractivity contribution in [1.29, 1.82) is 0 Å². The van der Waals surface area contributed by atoms with Gasteiger partial charge in [0.05, 0.1) is 12.2 Å². The van der Waals surface area contributed by atoms with Crippen molar-refractivity contribution in [2.24, 2.45) is 28.6 Å². The lowest BCUT2D eigenvalue weighted by molar-refractivity contribution is -0.0685. The SMILES string of the molecule is C[C@]12CC[C@@H]3[C@H](CC=C4C[C@@H](O)CC[C@@]43C)[C@H]1C/C(=C\c1ccc(Cl)cc1)[C@@H]2O. The van der Waals surface area contributed by atoms with Gasteiger partial charge in [0.1, 0.15) is 0 Å². The average Bonchev–Trinajstić information content (AvgIpc) is 2.95. The molecule has 0 aromatic heterocycles. The van der Waals surface area contributed by atoms with Gasteiger partial charge in [0, 0.05) is 10.4 Å². The molecule has 0 aliphatic heterocycles. The number of hydrogen-bond acceptors (Lipinski definition) is 2. The Morgan fingerprint density at radius 1 is 1.00 bits per heavy atom. The molecular formula is C26H33ClO2. The monoisotopic (exact) mass is 412 g/mol. The van der Waals surface area contributed by atoms with Crippen LogP contribution in [-0.2, 0) is 0 Å². The molecule has 0 radical (unpaired) electrons. The lowest BCUT2D eigenvalue weighted by Gasteiger charge is -2.57. The van der Waals surface area contributed by atoms with Gasteiger partial charge in [-0.25, -0.2) is 0 Å². The van der Waals surface area contributed by atoms with Crippen molar-refractivity contribution in [2.75, 3.05) is 0 Å². The van der Waals surface area contributed by atoms with Gasteiger partial charge in [-0.15, -0.1) is 0 Å². The summed E-state index contributed by atoms with van der Waals surface area (Å²) >= 11 is 6.04. The van der Waals surface area contributed by atoms with Crippen LogP contribution < -0.4 is 0 Å². The Morgan fingerprint density at radius 2 is 1.76 bits per heavy atom. The first-order valence-corrected chi connectivity index (χ1v) is 11.7. The second-order valence-corrected chi connectivity index (χ2v) is 11.0. The van der Waals surface area contributed by atoms with Gasteiger partial charge in [0.25, 0.3) is 0 Å². The standard InChI is InChI=1S/C26H33ClO2/c1-25-11-9-20(28)15-18(25)5-8-21-22(25)10-12-26(2)23(21)14-17(24(26)29)13-16-3-6-19(27)7-4-16/h3-7,13,20-24,28-29H,8-12,14-15H2,1-2H3/b17-13+/t20-,21-,22+,23+,24-,25-,26-/m0/s1. The first-order valence-electron chi connectivity index (χ1n) is 11.3. The van der Waals surface area contributed by atoms with E-state index in [0.29, 0.717) is 17.8 Å². The fraction of sp³-hybridized carbons (Fsp3) is 0.615. The van der Waals surface area contributed by atoms with E-state index < -0.39 is 0 Å². The van der Waals surface area contributed by atoms with Crippen LogP contribution in [-0.4, -0.2) is 22.4 Å². The zero-order valence-corrected chi connectivity index (χ0v) is 18.3. The number of rotatable bonds is 1. The highest BCUT2D eigenvalue weighted by Gasteiger charge is 2.59. The number of hydrogen-bond donors (Lipinski definition) is 2. The molecule has 0 saturated heterocycles. The summed E-state index contributed by atoms with van der Waals surface area (Å²) in [5, 5.41) is 22.3. The number of halogens is 1. The molecule has 0 unspecified atom stereocenters. The molecule has 156 valence electrons. The maximum Gasteiger partial charge on any atom is 0.0809 e. The van der Waals surface area contributed by atoms with Crippen LogP contribution in [0.3, 0.4) is 0 Å². The van der Waals surface area contributed by atoms with Gasteiger partial charge in [0.15, 0.2) is 0 Å². The molecule has 1 aromatic carbocycles. The highest BCUT2D eigenvalue weighted by Crippen LogP contribution is 2.65. The van der Waals surface area contributed by atoms with E-state index in [1.807, 2.05) is 24.3 Å². The summed E-state index contributed by atoms with van der Waals surface area (Å²) in [6, 6.07) is 7.93. The lowest BCUT2D eigenvalue weighted by atomic mass is 9.48. The van der Waals surface area contributed by atoms with Crippen molar-refractivity contribution in [1.82, 2.24) is 0 Å². The summed E-state index contributed by atoms with van der Waals surface area (Å²) in [5.74, 6) is 1.87. The van der Waals surface area contributed by atoms with Crippen molar-refractivity contribution in [3.8, 4) is 0 Å². The zero-order chi connectivity index (χ0) is 20.4. The van der Waals surface area contributed by atoms with Crippen molar-refractivity contribution in [2.45, 2.75) is 71.0 Å². The number of fused-ring (bicyclic) bond motifs is 5. The van der Waals surface area contributed by atoms with Gasteiger partial charge in [-0.05, 0) is 91.4 Å². The van der Waals surface area contributed by atoms with Crippen molar-refractivity contribution < 1.29 is 10.2 Å². The van der Waals surface area contributed by atoms with E-state index in [2.05, 4.69) is 26.0 Å². The van der Waals surface area contributed by atoms with Crippen LogP contribution in [0.1, 0.15) is 64.4 Å². The molecule has 2 N–H and O–H groups in total. The third-order valence-electron chi connectivity index (χ3n) is 9.17. The quantitative estimate of drug-likeness (QED) is 0.554. The fourth-order valence-electron chi connectivity index (χ4n) is 7.41. The third-order valence-corrected chi connectivity index (χ3v) is 9.42. The van der Waals surface area contributed by atoms with Gasteiger partial charge in [-0.1, -0.05) is 55.3 Å². The molecule has 0 bridgehead atoms. The highest BCUT2D eigenvalue weighted by molar-refractivity contribution is 6.30. The number of aliphatic hydroxyl groups excluding tert-OH is 2. The van der Waals surface area contributed by atoms with Crippen molar-refractivity contribution in [3.63, 3.8) is 0 Å². The van der Waals surface area contributed by atoms with E-state index in [1.165, 1.54) is 17.6 Å². The molecule has 0 heterocycles. The summed E-state index contributed by atoms with van der Waals surface area (Å²) < 4.78 is 0. The maximum atomic E-state index is 11.3. The van der Waals surface area contributed by atoms with E-state index in [1.54, 1.807) is 0 Å². The lowest BCUT2D eigenvalue weighted by Crippen LogP contribution is -2.51. The molecule has 1 aromatic rings. The van der Waals surface area contributed by atoms with Crippen LogP contribution in [0.2, 0.25) is 5.02 Å². The molecule has 0 amide bonds. The molecular weight excluding hydrogens is 380 g/mol. The van der Waals surface area contributed by atoms with Crippen molar-refractivity contribution in [3.05, 3.63) is 52.1 Å². The molecule has 4 aliphatic carbocycles. The third kappa shape index (κ3) is 3.06. The van der Waals surface area contributed by atoms with Gasteiger partial charge < -0.3 is 10.2 Å². The topological polar surface area (TPSA) is 40.5 Å². The molecule has 3 heteroatoms. The molecule has 7 atom stereocenters. The summed E-state index contributed by atoms with van der Waals surface area (Å²) in [5.41, 5.74) is 4.06. The minimum absolute atomic E-state index is 0.0185. The molecule has 3 saturated carbocycles. The van der Waals surface area contributed by atoms with Gasteiger partial charge in [-0.3, -0.25) is 0 Å². The number of aliphatic hydroxyl groups is 2. The van der Waals surface area contributed by atoms with Crippen LogP contribution in [0, 0.1) is 28.6 Å². The van der Waals surface area contributed by atoms with Crippen LogP contribution in [0.5, 0.6) is 0 Å². The first-order chi connectivity index (χ1) is 13.8. The Bertz CT molecular complexity index is 856. The van der Waals surface area contributed by atoms with E-state index in [4.69, 9.17) is 11.6 Å². The second-order valence-electron chi connectivity index (χ2n) is 10.6. The van der Waals surface area contributed by atoms with Gasteiger partial charge in [0.2, 0.25) is 0 Å². The normalized spacial score (nSPS) is 45.3. The first kappa shape index (κ1) is 19.8. The van der Waals surface area contributed by atoms with Gasteiger partial charge >= 0.3 is 0 Å². The molecule has 0 spiro atoms. The molecule has 3 fully saturated rings. The predicted molar refractivity (Wildman–Crippen MR) is 119 cm³/mol. The van der Waals surface area contributed by atoms with Crippen LogP contribution in [0.4, 0.5) is 0 Å². The largest absolute Gasteiger partial charge is 0.393 e. The molecule has 5 rings (SSSR count). The summed E-state index contributed by atoms with van der Waals surface area (Å²) in [4.78, 5) is 0. The Hall–Kier alpha value is -1.09. The second kappa shape index (κ2) is 6.97. The molecule has 2 nitrogen and oxygen atoms in total. The van der Waals surface area contributed by atoms with E-state index in [0.717, 1.165) is 49.1 Å². The minimum Gasteiger partial charge on any atom is -0.393 e. The number of benzene rings is 1. The summed E-state index contributed by atoms with van der Waals surface area (Å²) in [6.45, 7) is 4.79. The van der Waals surface area contributed by atoms with Crippen LogP contribution in [0.25, 0.3) is 6.08 Å². The van der Waals surface area contributed by atoms with Gasteiger partial charge in [-0.2, -0.15) is 0 Å². The molecule has 4 aliphatic rings. The predicted octanol–water partition coefficient (Wildman–Crippen LogP) is 6.02. The van der Waals surface area contributed by atoms with E-state index in [-0.39, 0.29) is 23.0 Å². The average molecular weight is 413 g/mol. The van der Waals surface area contributed by atoms with Crippen molar-refractivity contribution >= 4 is 17.7 Å². The Balaban J connectivity index is 1.46. The Morgan fingerprint density at radius 3 is 2.52 bits per heavy atom. The van der Waals surface area contributed by atoms with Crippen LogP contribution in [0.15, 0.2) is 41.5 Å². The minimum atomic E-state index is -0.351. The zero-order valence-electron chi connectivity index (χ0n) is 17.6. The Labute approximate surface area is 179 Å². The van der Waals surface area contributed by atoms with Crippen LogP contribution >= 0.6 is 11.6 Å². The summed E-state index contributed by atoms with van der Waals surface area (Å²) in [7, 11) is 0. The number of allylic oxidation sites excluding steroid dienone is 1. The van der Waals surface area contributed by atoms with E-state index in [9.17, 15) is 10.2 Å². The van der Waals surface area contributed by atoms with E-state index >= 15 is 0 Å². The smallest absolute Gasteiger partial charge is 0.0809 e. The molecule has 29 heavy (non-hydrogen) atoms. The Kier molecular flexibility index (Phi) is 4.77. The highest BCUT2D eigenvalue weighted by atomic mass is 35.5.